The summed E-state index contributed by atoms with van der Waals surface area (Å²) >= 11 is 0. The van der Waals surface area contributed by atoms with Gasteiger partial charge in [0, 0.05) is 6.54 Å². The van der Waals surface area contributed by atoms with Crippen molar-refractivity contribution in [3.63, 3.8) is 0 Å². The first-order valence-corrected chi connectivity index (χ1v) is 14.3. The lowest BCUT2D eigenvalue weighted by Gasteiger charge is -2.26. The van der Waals surface area contributed by atoms with Gasteiger partial charge in [-0.05, 0) is 55.1 Å². The number of hydrogen-bond donors (Lipinski definition) is 2. The number of carboxylic acids is 1. The summed E-state index contributed by atoms with van der Waals surface area (Å²) in [6.07, 6.45) is 15.7. The van der Waals surface area contributed by atoms with E-state index in [-0.39, 0.29) is 36.4 Å². The monoisotopic (exact) mass is 508 g/mol. The lowest BCUT2D eigenvalue weighted by Crippen LogP contribution is -2.27. The summed E-state index contributed by atoms with van der Waals surface area (Å²) in [7, 11) is 0. The van der Waals surface area contributed by atoms with E-state index in [0.717, 1.165) is 55.6 Å². The third kappa shape index (κ3) is 6.43. The van der Waals surface area contributed by atoms with Crippen molar-refractivity contribution < 1.29 is 23.8 Å². The fourth-order valence-electron chi connectivity index (χ4n) is 6.81. The van der Waals surface area contributed by atoms with E-state index in [1.54, 1.807) is 0 Å². The number of hydrogen-bond acceptors (Lipinski definition) is 5. The zero-order chi connectivity index (χ0) is 25.6. The van der Waals surface area contributed by atoms with Gasteiger partial charge in [-0.25, -0.2) is 4.98 Å². The van der Waals surface area contributed by atoms with Crippen molar-refractivity contribution in [2.45, 2.75) is 102 Å². The maximum Gasteiger partial charge on any atom is 0.307 e. The molecule has 1 amide bonds. The molecule has 0 unspecified atom stereocenters. The molecule has 0 radical (unpaired) electrons. The molecule has 2 aliphatic heterocycles. The van der Waals surface area contributed by atoms with E-state index in [9.17, 15) is 14.7 Å². The standard InChI is InChI=1S/C30H40N2O5/c33-27(34)18-22-12-5-4-11-21(22)13-14-23-25-15-16-26(37-25)28(23)30-32-24(19-36-30)29(35)31-17-7-6-10-20-8-2-1-3-9-20/h4-5,11-12,19-20,23,25-26,28H,1-3,6-10,13-18H2,(H,31,35)(H,33,34)/t23-,25-,26+,28-/m0/s1. The Morgan fingerprint density at radius 1 is 0.973 bits per heavy atom. The molecule has 5 rings (SSSR count). The molecule has 2 bridgehead atoms. The van der Waals surface area contributed by atoms with Crippen LogP contribution in [0.4, 0.5) is 0 Å². The van der Waals surface area contributed by atoms with Crippen LogP contribution >= 0.6 is 0 Å². The van der Waals surface area contributed by atoms with E-state index >= 15 is 0 Å². The van der Waals surface area contributed by atoms with Gasteiger partial charge in [-0.1, -0.05) is 69.2 Å². The van der Waals surface area contributed by atoms with Gasteiger partial charge in [0.2, 0.25) is 5.89 Å². The van der Waals surface area contributed by atoms with Crippen molar-refractivity contribution in [2.75, 3.05) is 6.54 Å². The number of oxazole rings is 1. The molecule has 7 nitrogen and oxygen atoms in total. The predicted molar refractivity (Wildman–Crippen MR) is 139 cm³/mol. The number of aromatic nitrogens is 1. The highest BCUT2D eigenvalue weighted by atomic mass is 16.5. The van der Waals surface area contributed by atoms with Gasteiger partial charge in [0.1, 0.15) is 6.26 Å². The molecule has 3 heterocycles. The van der Waals surface area contributed by atoms with E-state index in [4.69, 9.17) is 9.15 Å². The molecule has 3 aliphatic rings. The minimum atomic E-state index is -0.816. The number of rotatable bonds is 12. The maximum atomic E-state index is 12.7. The maximum absolute atomic E-state index is 12.7. The van der Waals surface area contributed by atoms with Crippen molar-refractivity contribution in [1.29, 1.82) is 0 Å². The molecule has 200 valence electrons. The van der Waals surface area contributed by atoms with Crippen LogP contribution in [0.1, 0.15) is 104 Å². The number of nitrogens with zero attached hydrogens (tertiary/aromatic N) is 1. The van der Waals surface area contributed by atoms with Gasteiger partial charge >= 0.3 is 5.97 Å². The van der Waals surface area contributed by atoms with Crippen LogP contribution in [0.5, 0.6) is 0 Å². The van der Waals surface area contributed by atoms with Crippen LogP contribution in [0.25, 0.3) is 0 Å². The Kier molecular flexibility index (Phi) is 8.59. The number of unbranched alkanes of at least 4 members (excludes halogenated alkanes) is 1. The quantitative estimate of drug-likeness (QED) is 0.358. The second kappa shape index (κ2) is 12.2. The number of aryl methyl sites for hydroxylation is 1. The highest BCUT2D eigenvalue weighted by Gasteiger charge is 2.51. The van der Waals surface area contributed by atoms with Gasteiger partial charge in [-0.2, -0.15) is 0 Å². The van der Waals surface area contributed by atoms with Crippen molar-refractivity contribution in [1.82, 2.24) is 10.3 Å². The molecule has 1 saturated carbocycles. The number of fused-ring (bicyclic) bond motifs is 2. The molecule has 4 atom stereocenters. The smallest absolute Gasteiger partial charge is 0.307 e. The molecule has 2 saturated heterocycles. The second-order valence-electron chi connectivity index (χ2n) is 11.2. The van der Waals surface area contributed by atoms with Gasteiger partial charge in [0.15, 0.2) is 5.69 Å². The molecule has 2 aromatic rings. The Morgan fingerprint density at radius 2 is 1.76 bits per heavy atom. The Bertz CT molecular complexity index is 1060. The topological polar surface area (TPSA) is 102 Å². The molecule has 1 aromatic carbocycles. The first-order valence-electron chi connectivity index (χ1n) is 14.3. The van der Waals surface area contributed by atoms with Crippen LogP contribution in [0.15, 0.2) is 34.9 Å². The van der Waals surface area contributed by atoms with E-state index in [2.05, 4.69) is 10.3 Å². The number of carboxylic acid groups (broad SMARTS) is 1. The molecule has 1 aliphatic carbocycles. The number of amides is 1. The van der Waals surface area contributed by atoms with Crippen LogP contribution in [0.3, 0.4) is 0 Å². The Morgan fingerprint density at radius 3 is 2.57 bits per heavy atom. The van der Waals surface area contributed by atoms with Gasteiger partial charge in [-0.3, -0.25) is 9.59 Å². The zero-order valence-electron chi connectivity index (χ0n) is 21.7. The summed E-state index contributed by atoms with van der Waals surface area (Å²) in [6, 6.07) is 7.77. The fraction of sp³-hybridized carbons (Fsp3) is 0.633. The summed E-state index contributed by atoms with van der Waals surface area (Å²) in [5, 5.41) is 12.3. The van der Waals surface area contributed by atoms with Gasteiger partial charge in [-0.15, -0.1) is 0 Å². The molecule has 1 aromatic heterocycles. The highest BCUT2D eigenvalue weighted by Crippen LogP contribution is 2.50. The summed E-state index contributed by atoms with van der Waals surface area (Å²) in [6.45, 7) is 0.670. The number of carbonyl (C=O) groups is 2. The van der Waals surface area contributed by atoms with E-state index in [1.165, 1.54) is 44.8 Å². The number of nitrogens with one attached hydrogen (secondary N) is 1. The number of ether oxygens (including phenoxy) is 1. The van der Waals surface area contributed by atoms with E-state index in [1.807, 2.05) is 24.3 Å². The van der Waals surface area contributed by atoms with Crippen LogP contribution < -0.4 is 5.32 Å². The Hall–Kier alpha value is -2.67. The number of benzene rings is 1. The zero-order valence-corrected chi connectivity index (χ0v) is 21.7. The third-order valence-electron chi connectivity index (χ3n) is 8.72. The Labute approximate surface area is 219 Å². The minimum Gasteiger partial charge on any atom is -0.481 e. The highest BCUT2D eigenvalue weighted by molar-refractivity contribution is 5.91. The fourth-order valence-corrected chi connectivity index (χ4v) is 6.81. The number of carbonyl (C=O) groups excluding carboxylic acids is 1. The molecule has 7 heteroatoms. The predicted octanol–water partition coefficient (Wildman–Crippen LogP) is 5.68. The van der Waals surface area contributed by atoms with Crippen LogP contribution in [0, 0.1) is 11.8 Å². The Balaban J connectivity index is 1.14. The van der Waals surface area contributed by atoms with E-state index in [0.29, 0.717) is 18.1 Å². The van der Waals surface area contributed by atoms with Crippen molar-refractivity contribution in [3.05, 3.63) is 53.2 Å². The summed E-state index contributed by atoms with van der Waals surface area (Å²) < 4.78 is 12.1. The van der Waals surface area contributed by atoms with Gasteiger partial charge in [0.05, 0.1) is 24.5 Å². The van der Waals surface area contributed by atoms with Crippen LogP contribution in [0.2, 0.25) is 0 Å². The largest absolute Gasteiger partial charge is 0.481 e. The lowest BCUT2D eigenvalue weighted by molar-refractivity contribution is -0.136. The summed E-state index contributed by atoms with van der Waals surface area (Å²) in [4.78, 5) is 28.6. The number of aliphatic carboxylic acids is 1. The van der Waals surface area contributed by atoms with Gasteiger partial charge < -0.3 is 19.6 Å². The van der Waals surface area contributed by atoms with Crippen LogP contribution in [-0.4, -0.2) is 40.7 Å². The first kappa shape index (κ1) is 26.0. The average molecular weight is 509 g/mol. The third-order valence-corrected chi connectivity index (χ3v) is 8.72. The summed E-state index contributed by atoms with van der Waals surface area (Å²) in [5.41, 5.74) is 2.28. The molecular formula is C30H40N2O5. The molecule has 37 heavy (non-hydrogen) atoms. The average Bonchev–Trinajstić information content (AvgIpc) is 3.65. The first-order chi connectivity index (χ1) is 18.1. The molecule has 2 N–H and O–H groups in total. The van der Waals surface area contributed by atoms with Gasteiger partial charge in [0.25, 0.3) is 5.91 Å². The normalized spacial score (nSPS) is 25.4. The van der Waals surface area contributed by atoms with Crippen molar-refractivity contribution >= 4 is 11.9 Å². The molecular weight excluding hydrogens is 468 g/mol. The van der Waals surface area contributed by atoms with Crippen molar-refractivity contribution in [3.8, 4) is 0 Å². The van der Waals surface area contributed by atoms with Crippen LogP contribution in [-0.2, 0) is 22.4 Å². The summed E-state index contributed by atoms with van der Waals surface area (Å²) in [5.74, 6) is 0.760. The SMILES string of the molecule is O=C(O)Cc1ccccc1CC[C@@H]1[C@H](c2nc(C(=O)NCCCCC3CCCCC3)co2)[C@H]2CC[C@@H]1O2. The second-order valence-corrected chi connectivity index (χ2v) is 11.2. The molecule has 0 spiro atoms. The van der Waals surface area contributed by atoms with Crippen molar-refractivity contribution in [2.24, 2.45) is 11.8 Å². The molecule has 3 fully saturated rings. The minimum absolute atomic E-state index is 0.0300. The lowest BCUT2D eigenvalue weighted by atomic mass is 9.76. The van der Waals surface area contributed by atoms with E-state index < -0.39 is 5.97 Å².